The van der Waals surface area contributed by atoms with Crippen molar-refractivity contribution in [1.29, 1.82) is 5.26 Å². The van der Waals surface area contributed by atoms with Gasteiger partial charge in [0, 0.05) is 5.02 Å². The van der Waals surface area contributed by atoms with Crippen molar-refractivity contribution in [3.05, 3.63) is 94.5 Å². The molecular formula is C21H14ClNO3. The largest absolute Gasteiger partial charge is 0.488 e. The van der Waals surface area contributed by atoms with Gasteiger partial charge in [0.15, 0.2) is 0 Å². The van der Waals surface area contributed by atoms with E-state index in [1.54, 1.807) is 54.6 Å². The lowest BCUT2D eigenvalue weighted by Crippen LogP contribution is -2.11. The minimum Gasteiger partial charge on any atom is -0.488 e. The zero-order chi connectivity index (χ0) is 18.4. The van der Waals surface area contributed by atoms with Crippen molar-refractivity contribution in [3.8, 4) is 17.6 Å². The summed E-state index contributed by atoms with van der Waals surface area (Å²) in [7, 11) is 0. The van der Waals surface area contributed by atoms with Gasteiger partial charge < -0.3 is 9.47 Å². The molecule has 0 saturated carbocycles. The number of nitriles is 1. The van der Waals surface area contributed by atoms with Crippen LogP contribution in [-0.4, -0.2) is 5.97 Å². The van der Waals surface area contributed by atoms with Crippen molar-refractivity contribution in [2.45, 2.75) is 6.61 Å². The molecule has 0 N–H and O–H groups in total. The van der Waals surface area contributed by atoms with Gasteiger partial charge in [-0.1, -0.05) is 41.9 Å². The molecule has 0 aliphatic heterocycles. The molecule has 0 spiro atoms. The molecule has 0 atom stereocenters. The van der Waals surface area contributed by atoms with Crippen LogP contribution in [0.2, 0.25) is 5.02 Å². The van der Waals surface area contributed by atoms with Crippen LogP contribution in [0.1, 0.15) is 21.5 Å². The van der Waals surface area contributed by atoms with E-state index >= 15 is 0 Å². The van der Waals surface area contributed by atoms with Gasteiger partial charge in [0.1, 0.15) is 23.7 Å². The van der Waals surface area contributed by atoms with Crippen LogP contribution in [0.5, 0.6) is 11.5 Å². The lowest BCUT2D eigenvalue weighted by molar-refractivity contribution is 0.0729. The number of esters is 1. The molecule has 5 heteroatoms. The molecule has 3 rings (SSSR count). The first-order chi connectivity index (χ1) is 12.7. The SMILES string of the molecule is N#Cc1cccc(OC(=O)c2ccccc2OCc2ccc(Cl)cc2)c1. The highest BCUT2D eigenvalue weighted by Crippen LogP contribution is 2.22. The van der Waals surface area contributed by atoms with Gasteiger partial charge in [0.05, 0.1) is 11.6 Å². The fraction of sp³-hybridized carbons (Fsp3) is 0.0476. The minimum absolute atomic E-state index is 0.297. The second kappa shape index (κ2) is 8.19. The summed E-state index contributed by atoms with van der Waals surface area (Å²) >= 11 is 5.87. The first-order valence-corrected chi connectivity index (χ1v) is 8.22. The van der Waals surface area contributed by atoms with Crippen molar-refractivity contribution in [1.82, 2.24) is 0 Å². The lowest BCUT2D eigenvalue weighted by atomic mass is 10.2. The fourth-order valence-electron chi connectivity index (χ4n) is 2.29. The zero-order valence-corrected chi connectivity index (χ0v) is 14.4. The van der Waals surface area contributed by atoms with Crippen LogP contribution in [-0.2, 0) is 6.61 Å². The number of halogens is 1. The molecule has 0 bridgehead atoms. The molecule has 3 aromatic carbocycles. The van der Waals surface area contributed by atoms with E-state index in [1.807, 2.05) is 18.2 Å². The summed E-state index contributed by atoms with van der Waals surface area (Å²) in [5.74, 6) is 0.178. The highest BCUT2D eigenvalue weighted by Gasteiger charge is 2.15. The van der Waals surface area contributed by atoms with Crippen LogP contribution < -0.4 is 9.47 Å². The van der Waals surface area contributed by atoms with Gasteiger partial charge >= 0.3 is 5.97 Å². The van der Waals surface area contributed by atoms with Crippen molar-refractivity contribution in [3.63, 3.8) is 0 Å². The number of benzene rings is 3. The predicted octanol–water partition coefficient (Wildman–Crippen LogP) is 5.01. The Morgan fingerprint density at radius 2 is 1.77 bits per heavy atom. The van der Waals surface area contributed by atoms with Gasteiger partial charge in [-0.15, -0.1) is 0 Å². The van der Waals surface area contributed by atoms with Crippen molar-refractivity contribution >= 4 is 17.6 Å². The number of hydrogen-bond donors (Lipinski definition) is 0. The molecule has 0 saturated heterocycles. The molecule has 0 amide bonds. The van der Waals surface area contributed by atoms with E-state index in [0.29, 0.717) is 34.3 Å². The van der Waals surface area contributed by atoms with E-state index in [0.717, 1.165) is 5.56 Å². The maximum atomic E-state index is 12.5. The van der Waals surface area contributed by atoms with Crippen molar-refractivity contribution in [2.24, 2.45) is 0 Å². The quantitative estimate of drug-likeness (QED) is 0.472. The number of nitrogens with zero attached hydrogens (tertiary/aromatic N) is 1. The van der Waals surface area contributed by atoms with E-state index < -0.39 is 5.97 Å². The van der Waals surface area contributed by atoms with Gasteiger partial charge in [0.2, 0.25) is 0 Å². The molecule has 0 radical (unpaired) electrons. The second-order valence-corrected chi connectivity index (χ2v) is 5.88. The molecule has 0 unspecified atom stereocenters. The summed E-state index contributed by atoms with van der Waals surface area (Å²) in [5, 5.41) is 9.58. The monoisotopic (exact) mass is 363 g/mol. The first kappa shape index (κ1) is 17.5. The third kappa shape index (κ3) is 4.41. The van der Waals surface area contributed by atoms with Crippen LogP contribution in [0.4, 0.5) is 0 Å². The van der Waals surface area contributed by atoms with Gasteiger partial charge in [0.25, 0.3) is 0 Å². The number of ether oxygens (including phenoxy) is 2. The van der Waals surface area contributed by atoms with E-state index in [1.165, 1.54) is 6.07 Å². The summed E-state index contributed by atoms with van der Waals surface area (Å²) in [4.78, 5) is 12.5. The molecule has 0 fully saturated rings. The van der Waals surface area contributed by atoms with Crippen molar-refractivity contribution in [2.75, 3.05) is 0 Å². The summed E-state index contributed by atoms with van der Waals surface area (Å²) in [6.07, 6.45) is 0. The molecule has 26 heavy (non-hydrogen) atoms. The van der Waals surface area contributed by atoms with E-state index in [-0.39, 0.29) is 0 Å². The van der Waals surface area contributed by atoms with Gasteiger partial charge in [-0.2, -0.15) is 5.26 Å². The number of carbonyl (C=O) groups excluding carboxylic acids is 1. The van der Waals surface area contributed by atoms with Crippen LogP contribution in [0.25, 0.3) is 0 Å². The molecule has 0 heterocycles. The van der Waals surface area contributed by atoms with Gasteiger partial charge in [-0.05, 0) is 48.0 Å². The van der Waals surface area contributed by atoms with Gasteiger partial charge in [-0.3, -0.25) is 0 Å². The third-order valence-electron chi connectivity index (χ3n) is 3.59. The lowest BCUT2D eigenvalue weighted by Gasteiger charge is -2.11. The molecular weight excluding hydrogens is 350 g/mol. The van der Waals surface area contributed by atoms with Crippen LogP contribution >= 0.6 is 11.6 Å². The summed E-state index contributed by atoms with van der Waals surface area (Å²) in [6, 6.07) is 22.6. The Morgan fingerprint density at radius 1 is 1.00 bits per heavy atom. The Hall–Kier alpha value is -3.29. The standard InChI is InChI=1S/C21H14ClNO3/c22-17-10-8-15(9-11-17)14-25-20-7-2-1-6-19(20)21(24)26-18-5-3-4-16(12-18)13-23/h1-12H,14H2. The van der Waals surface area contributed by atoms with E-state index in [2.05, 4.69) is 0 Å². The minimum atomic E-state index is -0.549. The molecule has 3 aromatic rings. The normalized spacial score (nSPS) is 10.0. The Balaban J connectivity index is 1.74. The predicted molar refractivity (Wildman–Crippen MR) is 98.3 cm³/mol. The summed E-state index contributed by atoms with van der Waals surface area (Å²) in [5.41, 5.74) is 1.66. The molecule has 128 valence electrons. The van der Waals surface area contributed by atoms with Gasteiger partial charge in [-0.25, -0.2) is 4.79 Å². The number of carbonyl (C=O) groups is 1. The molecule has 0 aliphatic carbocycles. The molecule has 4 nitrogen and oxygen atoms in total. The number of hydrogen-bond acceptors (Lipinski definition) is 4. The highest BCUT2D eigenvalue weighted by molar-refractivity contribution is 6.30. The van der Waals surface area contributed by atoms with E-state index in [9.17, 15) is 4.79 Å². The summed E-state index contributed by atoms with van der Waals surface area (Å²) < 4.78 is 11.1. The fourth-order valence-corrected chi connectivity index (χ4v) is 2.42. The average molecular weight is 364 g/mol. The Kier molecular flexibility index (Phi) is 5.52. The maximum absolute atomic E-state index is 12.5. The van der Waals surface area contributed by atoms with Crippen LogP contribution in [0.3, 0.4) is 0 Å². The van der Waals surface area contributed by atoms with Crippen LogP contribution in [0.15, 0.2) is 72.8 Å². The van der Waals surface area contributed by atoms with E-state index in [4.69, 9.17) is 26.3 Å². The maximum Gasteiger partial charge on any atom is 0.347 e. The Morgan fingerprint density at radius 3 is 2.54 bits per heavy atom. The topological polar surface area (TPSA) is 59.3 Å². The molecule has 0 aromatic heterocycles. The second-order valence-electron chi connectivity index (χ2n) is 5.44. The number of para-hydroxylation sites is 1. The Bertz CT molecular complexity index is 961. The first-order valence-electron chi connectivity index (χ1n) is 7.84. The number of rotatable bonds is 5. The third-order valence-corrected chi connectivity index (χ3v) is 3.84. The summed E-state index contributed by atoms with van der Waals surface area (Å²) in [6.45, 7) is 0.297. The Labute approximate surface area is 156 Å². The molecule has 0 aliphatic rings. The highest BCUT2D eigenvalue weighted by atomic mass is 35.5. The van der Waals surface area contributed by atoms with Crippen molar-refractivity contribution < 1.29 is 14.3 Å². The zero-order valence-electron chi connectivity index (χ0n) is 13.7. The smallest absolute Gasteiger partial charge is 0.347 e. The average Bonchev–Trinajstić information content (AvgIpc) is 2.68. The van der Waals surface area contributed by atoms with Crippen LogP contribution in [0, 0.1) is 11.3 Å².